The summed E-state index contributed by atoms with van der Waals surface area (Å²) in [6.45, 7) is 1.56. The zero-order valence-corrected chi connectivity index (χ0v) is 11.6. The Morgan fingerprint density at radius 3 is 2.56 bits per heavy atom. The van der Waals surface area contributed by atoms with Crippen molar-refractivity contribution in [3.05, 3.63) is 0 Å². The van der Waals surface area contributed by atoms with Crippen molar-refractivity contribution >= 4 is 25.8 Å². The average Bonchev–Trinajstić information content (AvgIpc) is 2.56. The van der Waals surface area contributed by atoms with Gasteiger partial charge >= 0.3 is 5.97 Å². The predicted molar refractivity (Wildman–Crippen MR) is 65.4 cm³/mol. The van der Waals surface area contributed by atoms with E-state index in [1.807, 2.05) is 0 Å². The van der Waals surface area contributed by atoms with Gasteiger partial charge in [0.05, 0.1) is 16.8 Å². The lowest BCUT2D eigenvalue weighted by molar-refractivity contribution is -0.137. The first-order valence-corrected chi connectivity index (χ1v) is 8.92. The smallest absolute Gasteiger partial charge is 0.303 e. The van der Waals surface area contributed by atoms with Gasteiger partial charge in [-0.3, -0.25) is 4.79 Å². The molecule has 7 nitrogen and oxygen atoms in total. The molecular weight excluding hydrogens is 282 g/mol. The Bertz CT molecular complexity index is 509. The fourth-order valence-corrected chi connectivity index (χ4v) is 6.11. The number of hydrogen-bond donors (Lipinski definition) is 2. The second-order valence-electron chi connectivity index (χ2n) is 4.52. The van der Waals surface area contributed by atoms with Crippen LogP contribution in [0.5, 0.6) is 0 Å². The van der Waals surface area contributed by atoms with E-state index < -0.39 is 37.1 Å². The standard InChI is InChI=1S/C9H17NO6S2/c1-7(2-3-9(11)12)10-18(15,16)8-4-5-17(13,14)6-8/h7-8,10H,2-6H2,1H3,(H,11,12). The maximum absolute atomic E-state index is 11.9. The first kappa shape index (κ1) is 15.4. The Morgan fingerprint density at radius 1 is 1.50 bits per heavy atom. The second-order valence-corrected chi connectivity index (χ2v) is 8.74. The van der Waals surface area contributed by atoms with Crippen LogP contribution < -0.4 is 4.72 Å². The van der Waals surface area contributed by atoms with Crippen molar-refractivity contribution in [2.45, 2.75) is 37.5 Å². The number of carbonyl (C=O) groups is 1. The highest BCUT2D eigenvalue weighted by molar-refractivity contribution is 7.95. The number of hydrogen-bond acceptors (Lipinski definition) is 5. The highest BCUT2D eigenvalue weighted by atomic mass is 32.2. The topological polar surface area (TPSA) is 118 Å². The number of nitrogens with one attached hydrogen (secondary N) is 1. The summed E-state index contributed by atoms with van der Waals surface area (Å²) in [5.74, 6) is -1.46. The van der Waals surface area contributed by atoms with Crippen LogP contribution in [-0.4, -0.2) is 50.7 Å². The normalized spacial score (nSPS) is 24.8. The number of sulfone groups is 1. The lowest BCUT2D eigenvalue weighted by atomic mass is 10.2. The third-order valence-corrected chi connectivity index (χ3v) is 6.78. The van der Waals surface area contributed by atoms with Gasteiger partial charge in [0.25, 0.3) is 0 Å². The summed E-state index contributed by atoms with van der Waals surface area (Å²) >= 11 is 0. The van der Waals surface area contributed by atoms with E-state index >= 15 is 0 Å². The molecule has 0 spiro atoms. The molecule has 1 fully saturated rings. The molecule has 2 N–H and O–H groups in total. The molecule has 1 saturated heterocycles. The highest BCUT2D eigenvalue weighted by Gasteiger charge is 2.37. The van der Waals surface area contributed by atoms with E-state index in [0.717, 1.165) is 0 Å². The Kier molecular flexibility index (Phi) is 4.73. The van der Waals surface area contributed by atoms with Gasteiger partial charge in [-0.25, -0.2) is 21.6 Å². The molecule has 18 heavy (non-hydrogen) atoms. The molecule has 0 bridgehead atoms. The first-order valence-electron chi connectivity index (χ1n) is 5.56. The quantitative estimate of drug-likeness (QED) is 0.672. The van der Waals surface area contributed by atoms with Crippen LogP contribution in [0.4, 0.5) is 0 Å². The summed E-state index contributed by atoms with van der Waals surface area (Å²) in [5, 5.41) is 7.56. The van der Waals surface area contributed by atoms with Crippen molar-refractivity contribution in [3.8, 4) is 0 Å². The summed E-state index contributed by atoms with van der Waals surface area (Å²) in [6.07, 6.45) is 0.143. The van der Waals surface area contributed by atoms with Gasteiger partial charge in [0.1, 0.15) is 0 Å². The molecule has 2 unspecified atom stereocenters. The Hall–Kier alpha value is -0.670. The summed E-state index contributed by atoms with van der Waals surface area (Å²) < 4.78 is 48.5. The summed E-state index contributed by atoms with van der Waals surface area (Å²) in [4.78, 5) is 10.4. The van der Waals surface area contributed by atoms with Crippen LogP contribution in [0.3, 0.4) is 0 Å². The van der Waals surface area contributed by atoms with Crippen LogP contribution in [0.25, 0.3) is 0 Å². The van der Waals surface area contributed by atoms with Crippen molar-refractivity contribution in [2.24, 2.45) is 0 Å². The van der Waals surface area contributed by atoms with E-state index in [-0.39, 0.29) is 30.8 Å². The summed E-state index contributed by atoms with van der Waals surface area (Å²) in [7, 11) is -6.95. The van der Waals surface area contributed by atoms with Gasteiger partial charge in [-0.05, 0) is 19.8 Å². The number of sulfonamides is 1. The maximum Gasteiger partial charge on any atom is 0.303 e. The van der Waals surface area contributed by atoms with Gasteiger partial charge in [0.15, 0.2) is 9.84 Å². The minimum Gasteiger partial charge on any atom is -0.481 e. The number of carboxylic acids is 1. The number of rotatable bonds is 6. The lowest BCUT2D eigenvalue weighted by Gasteiger charge is -2.16. The van der Waals surface area contributed by atoms with Gasteiger partial charge in [-0.2, -0.15) is 0 Å². The van der Waals surface area contributed by atoms with Gasteiger partial charge in [0.2, 0.25) is 10.0 Å². The van der Waals surface area contributed by atoms with E-state index in [9.17, 15) is 21.6 Å². The number of aliphatic carboxylic acids is 1. The molecule has 0 aromatic carbocycles. The SMILES string of the molecule is CC(CCC(=O)O)NS(=O)(=O)C1CCS(=O)(=O)C1. The third kappa shape index (κ3) is 4.54. The van der Waals surface area contributed by atoms with Gasteiger partial charge in [-0.15, -0.1) is 0 Å². The fourth-order valence-electron chi connectivity index (χ4n) is 1.78. The summed E-state index contributed by atoms with van der Waals surface area (Å²) in [6, 6.07) is -0.519. The van der Waals surface area contributed by atoms with Gasteiger partial charge in [-0.1, -0.05) is 0 Å². The van der Waals surface area contributed by atoms with E-state index in [1.54, 1.807) is 6.92 Å². The van der Waals surface area contributed by atoms with Crippen molar-refractivity contribution in [2.75, 3.05) is 11.5 Å². The molecule has 9 heteroatoms. The molecule has 0 radical (unpaired) electrons. The van der Waals surface area contributed by atoms with E-state index in [4.69, 9.17) is 5.11 Å². The molecule has 1 aliphatic rings. The molecule has 1 rings (SSSR count). The average molecular weight is 299 g/mol. The Morgan fingerprint density at radius 2 is 2.11 bits per heavy atom. The largest absolute Gasteiger partial charge is 0.481 e. The molecule has 0 amide bonds. The molecule has 0 saturated carbocycles. The van der Waals surface area contributed by atoms with E-state index in [2.05, 4.69) is 4.72 Å². The van der Waals surface area contributed by atoms with Crippen molar-refractivity contribution in [3.63, 3.8) is 0 Å². The highest BCUT2D eigenvalue weighted by Crippen LogP contribution is 2.18. The van der Waals surface area contributed by atoms with Crippen LogP contribution in [0.1, 0.15) is 26.2 Å². The molecule has 106 valence electrons. The first-order chi connectivity index (χ1) is 8.12. The van der Waals surface area contributed by atoms with Crippen molar-refractivity contribution < 1.29 is 26.7 Å². The van der Waals surface area contributed by atoms with Crippen molar-refractivity contribution in [1.82, 2.24) is 4.72 Å². The molecule has 0 aromatic heterocycles. The summed E-state index contributed by atoms with van der Waals surface area (Å²) in [5.41, 5.74) is 0. The monoisotopic (exact) mass is 299 g/mol. The molecule has 1 heterocycles. The number of carboxylic acid groups (broad SMARTS) is 1. The van der Waals surface area contributed by atoms with Crippen LogP contribution in [-0.2, 0) is 24.7 Å². The van der Waals surface area contributed by atoms with Crippen LogP contribution in [0.15, 0.2) is 0 Å². The minimum absolute atomic E-state index is 0.101. The second kappa shape index (κ2) is 5.54. The third-order valence-electron chi connectivity index (χ3n) is 2.79. The van der Waals surface area contributed by atoms with E-state index in [0.29, 0.717) is 0 Å². The molecule has 0 aromatic rings. The molecule has 1 aliphatic heterocycles. The van der Waals surface area contributed by atoms with Gasteiger partial charge in [0, 0.05) is 12.5 Å². The molecule has 0 aliphatic carbocycles. The minimum atomic E-state index is -3.70. The molecular formula is C9H17NO6S2. The van der Waals surface area contributed by atoms with Crippen LogP contribution in [0.2, 0.25) is 0 Å². The van der Waals surface area contributed by atoms with Crippen LogP contribution in [0, 0.1) is 0 Å². The zero-order valence-electron chi connectivity index (χ0n) is 10.00. The Labute approximate surface area is 107 Å². The van der Waals surface area contributed by atoms with Crippen LogP contribution >= 0.6 is 0 Å². The Balaban J connectivity index is 2.57. The predicted octanol–water partition coefficient (Wildman–Crippen LogP) is -0.654. The lowest BCUT2D eigenvalue weighted by Crippen LogP contribution is -2.40. The maximum atomic E-state index is 11.9. The van der Waals surface area contributed by atoms with E-state index in [1.165, 1.54) is 0 Å². The van der Waals surface area contributed by atoms with Gasteiger partial charge < -0.3 is 5.11 Å². The van der Waals surface area contributed by atoms with Crippen molar-refractivity contribution in [1.29, 1.82) is 0 Å². The molecule has 2 atom stereocenters. The zero-order chi connectivity index (χ0) is 14.0. The fraction of sp³-hybridized carbons (Fsp3) is 0.889.